The molecule has 0 aliphatic carbocycles. The lowest BCUT2D eigenvalue weighted by molar-refractivity contribution is -0.123. The molecule has 5 heteroatoms. The first-order chi connectivity index (χ1) is 9.02. The summed E-state index contributed by atoms with van der Waals surface area (Å²) in [6, 6.07) is 6.64. The van der Waals surface area contributed by atoms with Crippen LogP contribution in [0.5, 0.6) is 5.75 Å². The predicted molar refractivity (Wildman–Crippen MR) is 71.1 cm³/mol. The molecular formula is C14H19NO4. The van der Waals surface area contributed by atoms with Gasteiger partial charge in [-0.25, -0.2) is 4.79 Å². The van der Waals surface area contributed by atoms with Crippen molar-refractivity contribution in [2.75, 3.05) is 20.3 Å². The maximum absolute atomic E-state index is 11.6. The second-order valence-corrected chi connectivity index (χ2v) is 4.48. The molecule has 1 N–H and O–H groups in total. The Morgan fingerprint density at radius 3 is 2.37 bits per heavy atom. The molecule has 5 nitrogen and oxygen atoms in total. The number of amides is 1. The Morgan fingerprint density at radius 2 is 1.84 bits per heavy atom. The molecule has 0 heterocycles. The highest BCUT2D eigenvalue weighted by Gasteiger charge is 2.09. The summed E-state index contributed by atoms with van der Waals surface area (Å²) in [5.41, 5.74) is 0.390. The zero-order valence-electron chi connectivity index (χ0n) is 11.4. The van der Waals surface area contributed by atoms with E-state index in [4.69, 9.17) is 9.47 Å². The molecule has 0 spiro atoms. The molecule has 1 aromatic carbocycles. The topological polar surface area (TPSA) is 64.6 Å². The summed E-state index contributed by atoms with van der Waals surface area (Å²) in [4.78, 5) is 22.5. The zero-order valence-corrected chi connectivity index (χ0v) is 11.4. The Hall–Kier alpha value is -2.04. The summed E-state index contributed by atoms with van der Waals surface area (Å²) in [5, 5.41) is 2.37. The van der Waals surface area contributed by atoms with Crippen LogP contribution >= 0.6 is 0 Å². The van der Waals surface area contributed by atoms with Gasteiger partial charge in [-0.3, -0.25) is 4.79 Å². The number of nitrogens with one attached hydrogen (secondary N) is 1. The van der Waals surface area contributed by atoms with Gasteiger partial charge in [-0.05, 0) is 30.2 Å². The molecule has 1 aromatic rings. The number of carbonyl (C=O) groups excluding carboxylic acids is 2. The minimum atomic E-state index is -0.529. The zero-order chi connectivity index (χ0) is 14.3. The lowest BCUT2D eigenvalue weighted by atomic mass is 10.2. The summed E-state index contributed by atoms with van der Waals surface area (Å²) in [6.07, 6.45) is 0. The fourth-order valence-corrected chi connectivity index (χ4v) is 1.24. The molecule has 0 radical (unpaired) electrons. The Morgan fingerprint density at radius 1 is 1.21 bits per heavy atom. The number of likely N-dealkylation sites (N-methyl/N-ethyl adjacent to an activating group) is 1. The summed E-state index contributed by atoms with van der Waals surface area (Å²) < 4.78 is 10.3. The van der Waals surface area contributed by atoms with Crippen LogP contribution in [0.3, 0.4) is 0 Å². The molecule has 104 valence electrons. The van der Waals surface area contributed by atoms with Crippen LogP contribution < -0.4 is 10.1 Å². The Bertz CT molecular complexity index is 426. The number of hydrogen-bond acceptors (Lipinski definition) is 4. The van der Waals surface area contributed by atoms with Crippen molar-refractivity contribution in [2.45, 2.75) is 13.8 Å². The van der Waals surface area contributed by atoms with Gasteiger partial charge in [0.2, 0.25) is 0 Å². The van der Waals surface area contributed by atoms with E-state index in [-0.39, 0.29) is 12.5 Å². The van der Waals surface area contributed by atoms with Gasteiger partial charge in [-0.2, -0.15) is 0 Å². The van der Waals surface area contributed by atoms with Crippen molar-refractivity contribution < 1.29 is 19.1 Å². The molecule has 0 saturated carbocycles. The molecule has 0 atom stereocenters. The summed E-state index contributed by atoms with van der Waals surface area (Å²) in [7, 11) is 1.48. The Kier molecular flexibility index (Phi) is 5.85. The predicted octanol–water partition coefficient (Wildman–Crippen LogP) is 1.62. The van der Waals surface area contributed by atoms with E-state index in [9.17, 15) is 9.59 Å². The molecule has 0 aliphatic rings. The van der Waals surface area contributed by atoms with Gasteiger partial charge in [0.25, 0.3) is 5.91 Å². The van der Waals surface area contributed by atoms with Crippen molar-refractivity contribution in [1.82, 2.24) is 5.32 Å². The summed E-state index contributed by atoms with van der Waals surface area (Å²) in [6.45, 7) is 4.47. The van der Waals surface area contributed by atoms with Gasteiger partial charge in [0.05, 0.1) is 12.2 Å². The Labute approximate surface area is 112 Å². The van der Waals surface area contributed by atoms with Gasteiger partial charge < -0.3 is 14.8 Å². The molecular weight excluding hydrogens is 246 g/mol. The van der Waals surface area contributed by atoms with Crippen LogP contribution in [-0.4, -0.2) is 32.1 Å². The average molecular weight is 265 g/mol. The molecule has 1 rings (SSSR count). The molecule has 0 fully saturated rings. The van der Waals surface area contributed by atoms with Crippen molar-refractivity contribution in [3.63, 3.8) is 0 Å². The SMILES string of the molecule is CNC(=O)COC(=O)c1ccc(OCC(C)C)cc1. The number of carbonyl (C=O) groups is 2. The van der Waals surface area contributed by atoms with E-state index in [1.54, 1.807) is 24.3 Å². The van der Waals surface area contributed by atoms with Gasteiger partial charge in [0, 0.05) is 7.05 Å². The highest BCUT2D eigenvalue weighted by atomic mass is 16.5. The van der Waals surface area contributed by atoms with Crippen molar-refractivity contribution in [3.05, 3.63) is 29.8 Å². The quantitative estimate of drug-likeness (QED) is 0.794. The first-order valence-electron chi connectivity index (χ1n) is 6.13. The van der Waals surface area contributed by atoms with Crippen LogP contribution in [0.15, 0.2) is 24.3 Å². The smallest absolute Gasteiger partial charge is 0.338 e. The lowest BCUT2D eigenvalue weighted by Gasteiger charge is -2.09. The third-order valence-electron chi connectivity index (χ3n) is 2.29. The number of hydrogen-bond donors (Lipinski definition) is 1. The molecule has 0 aromatic heterocycles. The maximum Gasteiger partial charge on any atom is 0.338 e. The molecule has 0 aliphatic heterocycles. The second-order valence-electron chi connectivity index (χ2n) is 4.48. The van der Waals surface area contributed by atoms with Crippen LogP contribution in [0.2, 0.25) is 0 Å². The average Bonchev–Trinajstić information content (AvgIpc) is 2.42. The van der Waals surface area contributed by atoms with Crippen molar-refractivity contribution in [3.8, 4) is 5.75 Å². The fourth-order valence-electron chi connectivity index (χ4n) is 1.24. The van der Waals surface area contributed by atoms with E-state index in [0.29, 0.717) is 23.8 Å². The van der Waals surface area contributed by atoms with Crippen LogP contribution in [0, 0.1) is 5.92 Å². The molecule has 0 unspecified atom stereocenters. The molecule has 0 bridgehead atoms. The van der Waals surface area contributed by atoms with E-state index in [1.165, 1.54) is 7.05 Å². The monoisotopic (exact) mass is 265 g/mol. The third-order valence-corrected chi connectivity index (χ3v) is 2.29. The molecule has 1 amide bonds. The van der Waals surface area contributed by atoms with Crippen LogP contribution in [0.1, 0.15) is 24.2 Å². The second kappa shape index (κ2) is 7.41. The van der Waals surface area contributed by atoms with Crippen molar-refractivity contribution in [2.24, 2.45) is 5.92 Å². The fraction of sp³-hybridized carbons (Fsp3) is 0.429. The van der Waals surface area contributed by atoms with Crippen LogP contribution in [0.4, 0.5) is 0 Å². The largest absolute Gasteiger partial charge is 0.493 e. The number of rotatable bonds is 6. The van der Waals surface area contributed by atoms with Crippen LogP contribution in [0.25, 0.3) is 0 Å². The number of benzene rings is 1. The molecule has 0 saturated heterocycles. The van der Waals surface area contributed by atoms with Gasteiger partial charge in [0.1, 0.15) is 5.75 Å². The first-order valence-corrected chi connectivity index (χ1v) is 6.13. The standard InChI is InChI=1S/C14H19NO4/c1-10(2)8-18-12-6-4-11(5-7-12)14(17)19-9-13(16)15-3/h4-7,10H,8-9H2,1-3H3,(H,15,16). The minimum Gasteiger partial charge on any atom is -0.493 e. The van der Waals surface area contributed by atoms with E-state index in [0.717, 1.165) is 0 Å². The van der Waals surface area contributed by atoms with Gasteiger partial charge in [-0.15, -0.1) is 0 Å². The molecule has 19 heavy (non-hydrogen) atoms. The van der Waals surface area contributed by atoms with E-state index in [1.807, 2.05) is 0 Å². The van der Waals surface area contributed by atoms with E-state index >= 15 is 0 Å². The van der Waals surface area contributed by atoms with Crippen molar-refractivity contribution in [1.29, 1.82) is 0 Å². The summed E-state index contributed by atoms with van der Waals surface area (Å²) >= 11 is 0. The van der Waals surface area contributed by atoms with E-state index in [2.05, 4.69) is 19.2 Å². The van der Waals surface area contributed by atoms with Gasteiger partial charge in [0.15, 0.2) is 6.61 Å². The highest BCUT2D eigenvalue weighted by molar-refractivity contribution is 5.91. The maximum atomic E-state index is 11.6. The minimum absolute atomic E-state index is 0.277. The number of esters is 1. The van der Waals surface area contributed by atoms with Crippen LogP contribution in [-0.2, 0) is 9.53 Å². The normalized spacial score (nSPS) is 10.1. The van der Waals surface area contributed by atoms with Crippen molar-refractivity contribution >= 4 is 11.9 Å². The number of ether oxygens (including phenoxy) is 2. The highest BCUT2D eigenvalue weighted by Crippen LogP contribution is 2.13. The first kappa shape index (κ1) is 15.0. The lowest BCUT2D eigenvalue weighted by Crippen LogP contribution is -2.25. The van der Waals surface area contributed by atoms with Gasteiger partial charge in [-0.1, -0.05) is 13.8 Å². The van der Waals surface area contributed by atoms with E-state index < -0.39 is 5.97 Å². The third kappa shape index (κ3) is 5.42. The Balaban J connectivity index is 2.51. The van der Waals surface area contributed by atoms with Gasteiger partial charge >= 0.3 is 5.97 Å². The summed E-state index contributed by atoms with van der Waals surface area (Å²) in [5.74, 6) is 0.276.